The van der Waals surface area contributed by atoms with Crippen LogP contribution in [0.25, 0.3) is 0 Å². The van der Waals surface area contributed by atoms with Crippen LogP contribution in [0.3, 0.4) is 0 Å². The first-order valence-electron chi connectivity index (χ1n) is 7.97. The molecule has 0 amide bonds. The maximum Gasteiger partial charge on any atom is 0.153 e. The Morgan fingerprint density at radius 1 is 1.25 bits per heavy atom. The van der Waals surface area contributed by atoms with Crippen molar-refractivity contribution in [3.05, 3.63) is 11.6 Å². The largest absolute Gasteiger partial charge is 0.303 e. The van der Waals surface area contributed by atoms with Crippen molar-refractivity contribution in [2.24, 2.45) is 5.92 Å². The molecule has 0 radical (unpaired) electrons. The van der Waals surface area contributed by atoms with E-state index < -0.39 is 0 Å². The molecule has 3 unspecified atom stereocenters. The summed E-state index contributed by atoms with van der Waals surface area (Å²) in [4.78, 5) is 7.25. The molecule has 1 saturated carbocycles. The van der Waals surface area contributed by atoms with Gasteiger partial charge in [-0.2, -0.15) is 5.10 Å². The molecule has 1 aromatic heterocycles. The van der Waals surface area contributed by atoms with Crippen LogP contribution >= 0.6 is 0 Å². The van der Waals surface area contributed by atoms with Gasteiger partial charge in [0.2, 0.25) is 0 Å². The van der Waals surface area contributed by atoms with E-state index in [0.717, 1.165) is 17.7 Å². The minimum atomic E-state index is 0.238. The topological polar surface area (TPSA) is 56.8 Å². The first-order chi connectivity index (χ1) is 9.54. The standard InChI is InChI=1S/C15H27N5/c1-9(2)14-17-15(19-18-14)11(4)16-13-8-20(7-10(13)3)12-5-6-12/h9-13,16H,5-8H2,1-4H3,(H,17,18,19). The van der Waals surface area contributed by atoms with Gasteiger partial charge < -0.3 is 5.32 Å². The van der Waals surface area contributed by atoms with Gasteiger partial charge in [0, 0.05) is 31.1 Å². The van der Waals surface area contributed by atoms with Gasteiger partial charge in [0.25, 0.3) is 0 Å². The van der Waals surface area contributed by atoms with Gasteiger partial charge in [0.1, 0.15) is 5.82 Å². The summed E-state index contributed by atoms with van der Waals surface area (Å²) in [5.41, 5.74) is 0. The van der Waals surface area contributed by atoms with Crippen LogP contribution in [0.15, 0.2) is 0 Å². The van der Waals surface area contributed by atoms with Crippen molar-refractivity contribution < 1.29 is 0 Å². The summed E-state index contributed by atoms with van der Waals surface area (Å²) in [6.07, 6.45) is 2.80. The molecule has 0 bridgehead atoms. The molecule has 112 valence electrons. The van der Waals surface area contributed by atoms with Gasteiger partial charge >= 0.3 is 0 Å². The van der Waals surface area contributed by atoms with E-state index in [1.54, 1.807) is 0 Å². The van der Waals surface area contributed by atoms with Crippen molar-refractivity contribution in [1.82, 2.24) is 25.4 Å². The lowest BCUT2D eigenvalue weighted by Gasteiger charge is -2.21. The van der Waals surface area contributed by atoms with Gasteiger partial charge in [-0.15, -0.1) is 0 Å². The average Bonchev–Trinajstić information content (AvgIpc) is 3.00. The van der Waals surface area contributed by atoms with Gasteiger partial charge in [0.05, 0.1) is 6.04 Å². The van der Waals surface area contributed by atoms with Crippen LogP contribution in [-0.2, 0) is 0 Å². The van der Waals surface area contributed by atoms with Crippen molar-refractivity contribution >= 4 is 0 Å². The lowest BCUT2D eigenvalue weighted by atomic mass is 10.1. The Bertz CT molecular complexity index is 451. The molecule has 1 aliphatic carbocycles. The summed E-state index contributed by atoms with van der Waals surface area (Å²) >= 11 is 0. The normalized spacial score (nSPS) is 29.2. The average molecular weight is 277 g/mol. The van der Waals surface area contributed by atoms with E-state index in [0.29, 0.717) is 17.9 Å². The Morgan fingerprint density at radius 3 is 2.60 bits per heavy atom. The summed E-state index contributed by atoms with van der Waals surface area (Å²) < 4.78 is 0. The van der Waals surface area contributed by atoms with Crippen LogP contribution in [0.2, 0.25) is 0 Å². The summed E-state index contributed by atoms with van der Waals surface area (Å²) in [6.45, 7) is 11.2. The fourth-order valence-corrected chi connectivity index (χ4v) is 3.10. The Kier molecular flexibility index (Phi) is 3.82. The van der Waals surface area contributed by atoms with Crippen molar-refractivity contribution in [3.8, 4) is 0 Å². The highest BCUT2D eigenvalue weighted by molar-refractivity contribution is 5.01. The quantitative estimate of drug-likeness (QED) is 0.865. The van der Waals surface area contributed by atoms with E-state index in [1.165, 1.54) is 25.9 Å². The SMILES string of the molecule is CC(C)c1n[nH]c(C(C)NC2CN(C3CC3)CC2C)n1. The van der Waals surface area contributed by atoms with Gasteiger partial charge in [-0.3, -0.25) is 10.00 Å². The van der Waals surface area contributed by atoms with Crippen LogP contribution < -0.4 is 5.32 Å². The molecular formula is C15H27N5. The molecule has 3 atom stereocenters. The first-order valence-corrected chi connectivity index (χ1v) is 7.97. The highest BCUT2D eigenvalue weighted by Gasteiger charge is 2.38. The predicted octanol–water partition coefficient (Wildman–Crippen LogP) is 2.06. The van der Waals surface area contributed by atoms with E-state index in [-0.39, 0.29) is 6.04 Å². The van der Waals surface area contributed by atoms with Gasteiger partial charge in [-0.25, -0.2) is 4.98 Å². The smallest absolute Gasteiger partial charge is 0.153 e. The third-order valence-electron chi connectivity index (χ3n) is 4.61. The number of hydrogen-bond donors (Lipinski definition) is 2. The number of hydrogen-bond acceptors (Lipinski definition) is 4. The second-order valence-electron chi connectivity index (χ2n) is 6.89. The molecule has 0 aromatic carbocycles. The number of likely N-dealkylation sites (tertiary alicyclic amines) is 1. The second kappa shape index (κ2) is 5.45. The van der Waals surface area contributed by atoms with E-state index in [4.69, 9.17) is 0 Å². The zero-order valence-corrected chi connectivity index (χ0v) is 13.1. The van der Waals surface area contributed by atoms with Gasteiger partial charge in [-0.05, 0) is 25.7 Å². The first kappa shape index (κ1) is 14.0. The van der Waals surface area contributed by atoms with Crippen LogP contribution in [0.1, 0.15) is 64.1 Å². The zero-order valence-electron chi connectivity index (χ0n) is 13.1. The van der Waals surface area contributed by atoms with Crippen molar-refractivity contribution in [2.75, 3.05) is 13.1 Å². The Morgan fingerprint density at radius 2 is 2.00 bits per heavy atom. The molecule has 1 aromatic rings. The molecule has 2 aliphatic rings. The molecule has 20 heavy (non-hydrogen) atoms. The van der Waals surface area contributed by atoms with Crippen molar-refractivity contribution in [2.45, 2.75) is 64.6 Å². The molecule has 5 heteroatoms. The molecule has 0 spiro atoms. The predicted molar refractivity (Wildman–Crippen MR) is 79.6 cm³/mol. The molecular weight excluding hydrogens is 250 g/mol. The Balaban J connectivity index is 1.58. The minimum absolute atomic E-state index is 0.238. The highest BCUT2D eigenvalue weighted by Crippen LogP contribution is 2.32. The molecule has 5 nitrogen and oxygen atoms in total. The summed E-state index contributed by atoms with van der Waals surface area (Å²) in [7, 11) is 0. The van der Waals surface area contributed by atoms with Gasteiger partial charge in [-0.1, -0.05) is 20.8 Å². The fraction of sp³-hybridized carbons (Fsp3) is 0.867. The molecule has 1 saturated heterocycles. The molecule has 2 fully saturated rings. The van der Waals surface area contributed by atoms with E-state index >= 15 is 0 Å². The number of aromatic nitrogens is 3. The van der Waals surface area contributed by atoms with Crippen molar-refractivity contribution in [3.63, 3.8) is 0 Å². The van der Waals surface area contributed by atoms with E-state index in [2.05, 4.69) is 53.1 Å². The van der Waals surface area contributed by atoms with E-state index in [1.807, 2.05) is 0 Å². The maximum absolute atomic E-state index is 4.60. The van der Waals surface area contributed by atoms with E-state index in [9.17, 15) is 0 Å². The highest BCUT2D eigenvalue weighted by atomic mass is 15.3. The number of rotatable bonds is 5. The number of nitrogens with one attached hydrogen (secondary N) is 2. The summed E-state index contributed by atoms with van der Waals surface area (Å²) in [5.74, 6) is 2.96. The van der Waals surface area contributed by atoms with Gasteiger partial charge in [0.15, 0.2) is 5.82 Å². The third kappa shape index (κ3) is 2.88. The van der Waals surface area contributed by atoms with Crippen molar-refractivity contribution in [1.29, 1.82) is 0 Å². The third-order valence-corrected chi connectivity index (χ3v) is 4.61. The molecule has 2 N–H and O–H groups in total. The molecule has 2 heterocycles. The Labute approximate surface area is 121 Å². The van der Waals surface area contributed by atoms with Crippen LogP contribution in [0, 0.1) is 5.92 Å². The van der Waals surface area contributed by atoms with Crippen LogP contribution in [0.5, 0.6) is 0 Å². The number of aromatic amines is 1. The lowest BCUT2D eigenvalue weighted by molar-refractivity contribution is 0.311. The van der Waals surface area contributed by atoms with Crippen LogP contribution in [0.4, 0.5) is 0 Å². The summed E-state index contributed by atoms with van der Waals surface area (Å²) in [5, 5.41) is 11.1. The number of nitrogens with zero attached hydrogens (tertiary/aromatic N) is 3. The fourth-order valence-electron chi connectivity index (χ4n) is 3.10. The number of H-pyrrole nitrogens is 1. The van der Waals surface area contributed by atoms with Crippen LogP contribution in [-0.4, -0.2) is 45.3 Å². The Hall–Kier alpha value is -0.940. The molecule has 1 aliphatic heterocycles. The molecule has 3 rings (SSSR count). The monoisotopic (exact) mass is 277 g/mol. The second-order valence-corrected chi connectivity index (χ2v) is 6.89. The zero-order chi connectivity index (χ0) is 14.3. The minimum Gasteiger partial charge on any atom is -0.303 e. The summed E-state index contributed by atoms with van der Waals surface area (Å²) in [6, 6.07) is 1.68. The maximum atomic E-state index is 4.60. The lowest BCUT2D eigenvalue weighted by Crippen LogP contribution is -2.37.